The molecule has 1 aliphatic rings. The van der Waals surface area contributed by atoms with E-state index in [-0.39, 0.29) is 17.9 Å². The second kappa shape index (κ2) is 10.2. The molecule has 0 saturated heterocycles. The molecule has 0 heterocycles. The van der Waals surface area contributed by atoms with Gasteiger partial charge in [-0.3, -0.25) is 9.59 Å². The maximum absolute atomic E-state index is 13.3. The van der Waals surface area contributed by atoms with Crippen LogP contribution in [0.2, 0.25) is 0 Å². The number of rotatable bonds is 8. The van der Waals surface area contributed by atoms with Gasteiger partial charge >= 0.3 is 0 Å². The molecule has 4 nitrogen and oxygen atoms in total. The molecule has 4 heteroatoms. The minimum Gasteiger partial charge on any atom is -0.352 e. The van der Waals surface area contributed by atoms with Gasteiger partial charge in [-0.1, -0.05) is 74.4 Å². The van der Waals surface area contributed by atoms with Gasteiger partial charge in [0, 0.05) is 25.4 Å². The first-order valence-corrected chi connectivity index (χ1v) is 10.8. The second-order valence-electron chi connectivity index (χ2n) is 8.00. The van der Waals surface area contributed by atoms with Crippen LogP contribution in [0.4, 0.5) is 0 Å². The largest absolute Gasteiger partial charge is 0.352 e. The van der Waals surface area contributed by atoms with E-state index < -0.39 is 6.04 Å². The lowest BCUT2D eigenvalue weighted by atomic mass is 10.0. The molecule has 154 valence electrons. The van der Waals surface area contributed by atoms with Crippen LogP contribution in [0, 0.1) is 6.92 Å². The highest BCUT2D eigenvalue weighted by molar-refractivity contribution is 5.88. The van der Waals surface area contributed by atoms with Crippen LogP contribution in [0.1, 0.15) is 55.7 Å². The molecule has 0 bridgehead atoms. The lowest BCUT2D eigenvalue weighted by molar-refractivity contribution is -0.141. The number of carbonyl (C=O) groups excluding carboxylic acids is 2. The van der Waals surface area contributed by atoms with E-state index in [4.69, 9.17) is 0 Å². The standard InChI is InChI=1S/C25H32N2O2/c1-3-24(28)27(18-21-14-8-7-11-19(21)2)23(17-20-12-5-4-6-13-20)25(29)26-22-15-9-10-16-22/h4-8,11-14,22-23H,3,9-10,15-18H2,1-2H3,(H,26,29)/t23-/m1/s1. The molecule has 1 fully saturated rings. The smallest absolute Gasteiger partial charge is 0.243 e. The van der Waals surface area contributed by atoms with E-state index in [1.54, 1.807) is 4.90 Å². The van der Waals surface area contributed by atoms with Crippen LogP contribution in [0.25, 0.3) is 0 Å². The minimum atomic E-state index is -0.509. The summed E-state index contributed by atoms with van der Waals surface area (Å²) in [5.41, 5.74) is 3.29. The molecule has 3 rings (SSSR count). The third-order valence-corrected chi connectivity index (χ3v) is 5.88. The Hall–Kier alpha value is -2.62. The maximum atomic E-state index is 13.3. The zero-order valence-corrected chi connectivity index (χ0v) is 17.6. The molecule has 29 heavy (non-hydrogen) atoms. The van der Waals surface area contributed by atoms with Crippen LogP contribution in [-0.2, 0) is 22.6 Å². The highest BCUT2D eigenvalue weighted by Crippen LogP contribution is 2.21. The van der Waals surface area contributed by atoms with Gasteiger partial charge in [0.15, 0.2) is 0 Å². The predicted octanol–water partition coefficient (Wildman–Crippen LogP) is 4.40. The molecule has 0 unspecified atom stereocenters. The predicted molar refractivity (Wildman–Crippen MR) is 116 cm³/mol. The van der Waals surface area contributed by atoms with Crippen molar-refractivity contribution >= 4 is 11.8 Å². The van der Waals surface area contributed by atoms with Crippen molar-refractivity contribution in [3.8, 4) is 0 Å². The highest BCUT2D eigenvalue weighted by Gasteiger charge is 2.31. The monoisotopic (exact) mass is 392 g/mol. The molecule has 1 atom stereocenters. The Morgan fingerprint density at radius 1 is 1.03 bits per heavy atom. The lowest BCUT2D eigenvalue weighted by Crippen LogP contribution is -2.52. The molecule has 0 radical (unpaired) electrons. The Bertz CT molecular complexity index is 813. The van der Waals surface area contributed by atoms with Crippen LogP contribution >= 0.6 is 0 Å². The van der Waals surface area contributed by atoms with Gasteiger partial charge in [0.25, 0.3) is 0 Å². The van der Waals surface area contributed by atoms with Crippen molar-refractivity contribution in [3.63, 3.8) is 0 Å². The topological polar surface area (TPSA) is 49.4 Å². The van der Waals surface area contributed by atoms with Gasteiger partial charge in [0.2, 0.25) is 11.8 Å². The van der Waals surface area contributed by atoms with Crippen molar-refractivity contribution in [2.45, 2.75) is 71.0 Å². The first-order valence-electron chi connectivity index (χ1n) is 10.8. The maximum Gasteiger partial charge on any atom is 0.243 e. The van der Waals surface area contributed by atoms with Gasteiger partial charge in [-0.2, -0.15) is 0 Å². The zero-order chi connectivity index (χ0) is 20.6. The van der Waals surface area contributed by atoms with Crippen molar-refractivity contribution < 1.29 is 9.59 Å². The van der Waals surface area contributed by atoms with Crippen LogP contribution in [0.15, 0.2) is 54.6 Å². The first-order chi connectivity index (χ1) is 14.1. The SMILES string of the molecule is CCC(=O)N(Cc1ccccc1C)[C@H](Cc1ccccc1)C(=O)NC1CCCC1. The molecule has 1 N–H and O–H groups in total. The molecular weight excluding hydrogens is 360 g/mol. The van der Waals surface area contributed by atoms with Crippen molar-refractivity contribution in [3.05, 3.63) is 71.3 Å². The van der Waals surface area contributed by atoms with Crippen LogP contribution in [0.5, 0.6) is 0 Å². The zero-order valence-electron chi connectivity index (χ0n) is 17.6. The quantitative estimate of drug-likeness (QED) is 0.724. The van der Waals surface area contributed by atoms with Crippen LogP contribution < -0.4 is 5.32 Å². The van der Waals surface area contributed by atoms with Crippen molar-refractivity contribution in [2.75, 3.05) is 0 Å². The van der Waals surface area contributed by atoms with E-state index in [1.165, 1.54) is 0 Å². The van der Waals surface area contributed by atoms with E-state index in [0.29, 0.717) is 19.4 Å². The summed E-state index contributed by atoms with van der Waals surface area (Å²) >= 11 is 0. The fraction of sp³-hybridized carbons (Fsp3) is 0.440. The van der Waals surface area contributed by atoms with E-state index in [9.17, 15) is 9.59 Å². The molecular formula is C25H32N2O2. The number of benzene rings is 2. The molecule has 2 aromatic rings. The molecule has 2 amide bonds. The van der Waals surface area contributed by atoms with Gasteiger partial charge in [-0.25, -0.2) is 0 Å². The van der Waals surface area contributed by atoms with E-state index >= 15 is 0 Å². The molecule has 0 aromatic heterocycles. The third-order valence-electron chi connectivity index (χ3n) is 5.88. The Labute approximate surface area is 174 Å². The first kappa shape index (κ1) is 21.1. The highest BCUT2D eigenvalue weighted by atomic mass is 16.2. The summed E-state index contributed by atoms with van der Waals surface area (Å²) in [4.78, 5) is 28.1. The summed E-state index contributed by atoms with van der Waals surface area (Å²) in [6, 6.07) is 17.8. The summed E-state index contributed by atoms with van der Waals surface area (Å²) in [6.45, 7) is 4.37. The summed E-state index contributed by atoms with van der Waals surface area (Å²) < 4.78 is 0. The average Bonchev–Trinajstić information content (AvgIpc) is 3.25. The van der Waals surface area contributed by atoms with Crippen LogP contribution in [0.3, 0.4) is 0 Å². The Morgan fingerprint density at radius 3 is 2.34 bits per heavy atom. The summed E-state index contributed by atoms with van der Waals surface area (Å²) in [7, 11) is 0. The number of hydrogen-bond acceptors (Lipinski definition) is 2. The van der Waals surface area contributed by atoms with Crippen molar-refractivity contribution in [1.29, 1.82) is 0 Å². The molecule has 2 aromatic carbocycles. The normalized spacial score (nSPS) is 15.1. The van der Waals surface area contributed by atoms with E-state index in [1.807, 2.05) is 55.5 Å². The summed E-state index contributed by atoms with van der Waals surface area (Å²) in [5, 5.41) is 3.23. The number of nitrogens with zero attached hydrogens (tertiary/aromatic N) is 1. The lowest BCUT2D eigenvalue weighted by Gasteiger charge is -2.32. The second-order valence-corrected chi connectivity index (χ2v) is 8.00. The Morgan fingerprint density at radius 2 is 1.69 bits per heavy atom. The van der Waals surface area contributed by atoms with Gasteiger partial charge in [0.05, 0.1) is 0 Å². The Balaban J connectivity index is 1.88. The number of hydrogen-bond donors (Lipinski definition) is 1. The van der Waals surface area contributed by atoms with Gasteiger partial charge in [-0.15, -0.1) is 0 Å². The summed E-state index contributed by atoms with van der Waals surface area (Å²) in [5.74, 6) is -0.0214. The number of carbonyl (C=O) groups is 2. The number of nitrogens with one attached hydrogen (secondary N) is 1. The van der Waals surface area contributed by atoms with E-state index in [2.05, 4.69) is 18.3 Å². The van der Waals surface area contributed by atoms with Crippen LogP contribution in [-0.4, -0.2) is 28.8 Å². The van der Waals surface area contributed by atoms with Gasteiger partial charge in [-0.05, 0) is 36.5 Å². The van der Waals surface area contributed by atoms with Gasteiger partial charge < -0.3 is 10.2 Å². The molecule has 0 spiro atoms. The molecule has 1 aliphatic carbocycles. The third kappa shape index (κ3) is 5.69. The summed E-state index contributed by atoms with van der Waals surface area (Å²) in [6.07, 6.45) is 5.29. The Kier molecular flexibility index (Phi) is 7.45. The average molecular weight is 393 g/mol. The number of aryl methyl sites for hydroxylation is 1. The van der Waals surface area contributed by atoms with Gasteiger partial charge in [0.1, 0.15) is 6.04 Å². The molecule has 1 saturated carbocycles. The number of amides is 2. The van der Waals surface area contributed by atoms with Crippen molar-refractivity contribution in [2.24, 2.45) is 0 Å². The molecule has 0 aliphatic heterocycles. The van der Waals surface area contributed by atoms with Crippen molar-refractivity contribution in [1.82, 2.24) is 10.2 Å². The fourth-order valence-electron chi connectivity index (χ4n) is 4.10. The fourth-order valence-corrected chi connectivity index (χ4v) is 4.10. The minimum absolute atomic E-state index is 0.00996. The van der Waals surface area contributed by atoms with E-state index in [0.717, 1.165) is 42.4 Å².